The van der Waals surface area contributed by atoms with Crippen molar-refractivity contribution in [3.05, 3.63) is 52.5 Å². The fourth-order valence-electron chi connectivity index (χ4n) is 1.45. The summed E-state index contributed by atoms with van der Waals surface area (Å²) in [6.07, 6.45) is 0. The van der Waals surface area contributed by atoms with Crippen molar-refractivity contribution >= 4 is 46.3 Å². The van der Waals surface area contributed by atoms with Gasteiger partial charge in [-0.15, -0.1) is 0 Å². The second-order valence-corrected chi connectivity index (χ2v) is 4.67. The number of halogens is 2. The maximum absolute atomic E-state index is 11.7. The quantitative estimate of drug-likeness (QED) is 0.726. The third kappa shape index (κ3) is 3.77. The summed E-state index contributed by atoms with van der Waals surface area (Å²) < 4.78 is 0. The molecule has 98 valence electrons. The summed E-state index contributed by atoms with van der Waals surface area (Å²) in [4.78, 5) is 11.7. The minimum atomic E-state index is -0.371. The van der Waals surface area contributed by atoms with Crippen LogP contribution in [0.1, 0.15) is 0 Å². The van der Waals surface area contributed by atoms with E-state index in [1.165, 1.54) is 0 Å². The number of rotatable bonds is 2. The average Bonchev–Trinajstić information content (AvgIpc) is 2.37. The number of nitrogens with two attached hydrogens (primary N) is 1. The minimum Gasteiger partial charge on any atom is -0.397 e. The van der Waals surface area contributed by atoms with Gasteiger partial charge in [0.05, 0.1) is 10.7 Å². The molecule has 4 nitrogen and oxygen atoms in total. The number of amides is 2. The summed E-state index contributed by atoms with van der Waals surface area (Å²) in [5.41, 5.74) is 7.26. The Balaban J connectivity index is 2.01. The first-order valence-corrected chi connectivity index (χ1v) is 6.19. The smallest absolute Gasteiger partial charge is 0.323 e. The molecule has 0 bridgehead atoms. The van der Waals surface area contributed by atoms with Crippen molar-refractivity contribution in [3.8, 4) is 0 Å². The third-order valence-electron chi connectivity index (χ3n) is 2.36. The fraction of sp³-hybridized carbons (Fsp3) is 0. The lowest BCUT2D eigenvalue weighted by Gasteiger charge is -2.08. The molecule has 0 spiro atoms. The molecule has 2 aromatic carbocycles. The van der Waals surface area contributed by atoms with E-state index in [1.807, 2.05) is 0 Å². The van der Waals surface area contributed by atoms with Gasteiger partial charge in [-0.3, -0.25) is 0 Å². The molecular weight excluding hydrogens is 285 g/mol. The second-order valence-electron chi connectivity index (χ2n) is 3.82. The molecule has 19 heavy (non-hydrogen) atoms. The van der Waals surface area contributed by atoms with Crippen molar-refractivity contribution in [3.63, 3.8) is 0 Å². The highest BCUT2D eigenvalue weighted by molar-refractivity contribution is 6.33. The van der Waals surface area contributed by atoms with Crippen LogP contribution in [0.4, 0.5) is 21.9 Å². The normalized spacial score (nSPS) is 10.0. The van der Waals surface area contributed by atoms with Crippen molar-refractivity contribution in [2.75, 3.05) is 16.4 Å². The zero-order valence-electron chi connectivity index (χ0n) is 9.78. The lowest BCUT2D eigenvalue weighted by atomic mass is 10.3. The lowest BCUT2D eigenvalue weighted by molar-refractivity contribution is 0.262. The van der Waals surface area contributed by atoms with Gasteiger partial charge in [0, 0.05) is 16.4 Å². The Morgan fingerprint density at radius 2 is 1.53 bits per heavy atom. The van der Waals surface area contributed by atoms with Crippen molar-refractivity contribution in [2.24, 2.45) is 0 Å². The Labute approximate surface area is 120 Å². The Hall–Kier alpha value is -1.91. The van der Waals surface area contributed by atoms with Crippen molar-refractivity contribution < 1.29 is 4.79 Å². The summed E-state index contributed by atoms with van der Waals surface area (Å²) in [6.45, 7) is 0. The number of hydrogen-bond donors (Lipinski definition) is 3. The fourth-order valence-corrected chi connectivity index (χ4v) is 1.69. The van der Waals surface area contributed by atoms with Gasteiger partial charge in [-0.25, -0.2) is 4.79 Å². The van der Waals surface area contributed by atoms with E-state index in [4.69, 9.17) is 28.9 Å². The summed E-state index contributed by atoms with van der Waals surface area (Å²) in [7, 11) is 0. The summed E-state index contributed by atoms with van der Waals surface area (Å²) >= 11 is 11.6. The standard InChI is InChI=1S/C13H11Cl2N3O/c14-8-1-3-9(4-2-8)17-13(19)18-10-5-6-11(15)12(16)7-10/h1-7H,16H2,(H2,17,18,19). The van der Waals surface area contributed by atoms with Crippen LogP contribution in [0, 0.1) is 0 Å². The summed E-state index contributed by atoms with van der Waals surface area (Å²) in [6, 6.07) is 11.3. The molecule has 0 aliphatic carbocycles. The molecule has 0 unspecified atom stereocenters. The number of urea groups is 1. The largest absolute Gasteiger partial charge is 0.397 e. The van der Waals surface area contributed by atoms with Gasteiger partial charge in [0.1, 0.15) is 0 Å². The van der Waals surface area contributed by atoms with E-state index in [9.17, 15) is 4.79 Å². The second kappa shape index (κ2) is 5.82. The highest BCUT2D eigenvalue weighted by atomic mass is 35.5. The molecule has 2 rings (SSSR count). The van der Waals surface area contributed by atoms with Crippen LogP contribution >= 0.6 is 23.2 Å². The van der Waals surface area contributed by atoms with E-state index in [0.29, 0.717) is 27.1 Å². The van der Waals surface area contributed by atoms with Crippen molar-refractivity contribution in [1.82, 2.24) is 0 Å². The summed E-state index contributed by atoms with van der Waals surface area (Å²) in [5.74, 6) is 0. The molecule has 6 heteroatoms. The van der Waals surface area contributed by atoms with Crippen molar-refractivity contribution in [2.45, 2.75) is 0 Å². The van der Waals surface area contributed by atoms with Crippen LogP contribution in [0.25, 0.3) is 0 Å². The number of nitrogen functional groups attached to an aromatic ring is 1. The highest BCUT2D eigenvalue weighted by Crippen LogP contribution is 2.22. The van der Waals surface area contributed by atoms with Gasteiger partial charge in [0.15, 0.2) is 0 Å². The SMILES string of the molecule is Nc1cc(NC(=O)Nc2ccc(Cl)cc2)ccc1Cl. The number of anilines is 3. The van der Waals surface area contributed by atoms with Gasteiger partial charge in [-0.2, -0.15) is 0 Å². The Morgan fingerprint density at radius 1 is 0.947 bits per heavy atom. The van der Waals surface area contributed by atoms with E-state index in [0.717, 1.165) is 0 Å². The number of benzene rings is 2. The number of nitrogens with one attached hydrogen (secondary N) is 2. The van der Waals surface area contributed by atoms with Crippen LogP contribution in [0.2, 0.25) is 10.0 Å². The minimum absolute atomic E-state index is 0.371. The first-order chi connectivity index (χ1) is 9.04. The first kappa shape index (κ1) is 13.5. The van der Waals surface area contributed by atoms with Crippen LogP contribution in [-0.4, -0.2) is 6.03 Å². The molecule has 0 aliphatic heterocycles. The van der Waals surface area contributed by atoms with Crippen LogP contribution in [0.15, 0.2) is 42.5 Å². The molecule has 0 heterocycles. The van der Waals surface area contributed by atoms with E-state index in [2.05, 4.69) is 10.6 Å². The molecule has 2 aromatic rings. The maximum Gasteiger partial charge on any atom is 0.323 e. The van der Waals surface area contributed by atoms with Crippen LogP contribution < -0.4 is 16.4 Å². The molecule has 0 saturated carbocycles. The molecule has 0 fully saturated rings. The van der Waals surface area contributed by atoms with E-state index in [1.54, 1.807) is 42.5 Å². The Morgan fingerprint density at radius 3 is 2.16 bits per heavy atom. The number of carbonyl (C=O) groups is 1. The van der Waals surface area contributed by atoms with Crippen molar-refractivity contribution in [1.29, 1.82) is 0 Å². The van der Waals surface area contributed by atoms with Gasteiger partial charge in [0.2, 0.25) is 0 Å². The van der Waals surface area contributed by atoms with Gasteiger partial charge >= 0.3 is 6.03 Å². The van der Waals surface area contributed by atoms with Gasteiger partial charge in [0.25, 0.3) is 0 Å². The topological polar surface area (TPSA) is 67.1 Å². The van der Waals surface area contributed by atoms with Gasteiger partial charge in [-0.05, 0) is 42.5 Å². The summed E-state index contributed by atoms with van der Waals surface area (Å²) in [5, 5.41) is 6.38. The van der Waals surface area contributed by atoms with E-state index < -0.39 is 0 Å². The average molecular weight is 296 g/mol. The zero-order chi connectivity index (χ0) is 13.8. The molecule has 0 aromatic heterocycles. The van der Waals surface area contributed by atoms with E-state index in [-0.39, 0.29) is 6.03 Å². The lowest BCUT2D eigenvalue weighted by Crippen LogP contribution is -2.19. The zero-order valence-corrected chi connectivity index (χ0v) is 11.3. The highest BCUT2D eigenvalue weighted by Gasteiger charge is 2.04. The van der Waals surface area contributed by atoms with Gasteiger partial charge in [-0.1, -0.05) is 23.2 Å². The van der Waals surface area contributed by atoms with E-state index >= 15 is 0 Å². The molecule has 0 radical (unpaired) electrons. The predicted octanol–water partition coefficient (Wildman–Crippen LogP) is 4.22. The Kier molecular flexibility index (Phi) is 4.14. The monoisotopic (exact) mass is 295 g/mol. The molecule has 0 aliphatic rings. The maximum atomic E-state index is 11.7. The van der Waals surface area contributed by atoms with Gasteiger partial charge < -0.3 is 16.4 Å². The first-order valence-electron chi connectivity index (χ1n) is 5.43. The molecular formula is C13H11Cl2N3O. The number of hydrogen-bond acceptors (Lipinski definition) is 2. The van der Waals surface area contributed by atoms with Crippen LogP contribution in [0.3, 0.4) is 0 Å². The molecule has 4 N–H and O–H groups in total. The molecule has 0 saturated heterocycles. The predicted molar refractivity (Wildman–Crippen MR) is 80.0 cm³/mol. The molecule has 2 amide bonds. The third-order valence-corrected chi connectivity index (χ3v) is 2.95. The van der Waals surface area contributed by atoms with Crippen LogP contribution in [-0.2, 0) is 0 Å². The van der Waals surface area contributed by atoms with Crippen LogP contribution in [0.5, 0.6) is 0 Å². The Bertz CT molecular complexity index is 599. The molecule has 0 atom stereocenters. The number of carbonyl (C=O) groups excluding carboxylic acids is 1.